The standard InChI is InChI=1S/C13H14Cl2INO3/c1-2-3-7(13(19)20)6-17-12(18)9-4-8(14)5-10(15)11(9)16/h4-5,7H,2-3,6H2,1H3,(H,17,18)(H,19,20). The number of benzene rings is 1. The van der Waals surface area contributed by atoms with Gasteiger partial charge in [-0.05, 0) is 41.1 Å². The van der Waals surface area contributed by atoms with Crippen molar-refractivity contribution in [3.63, 3.8) is 0 Å². The van der Waals surface area contributed by atoms with Gasteiger partial charge in [0, 0.05) is 15.1 Å². The zero-order valence-corrected chi connectivity index (χ0v) is 14.4. The molecular weight excluding hydrogens is 416 g/mol. The lowest BCUT2D eigenvalue weighted by Crippen LogP contribution is -2.33. The fraction of sp³-hybridized carbons (Fsp3) is 0.385. The number of rotatable bonds is 6. The molecular formula is C13H14Cl2INO3. The molecule has 1 aromatic rings. The fourth-order valence-electron chi connectivity index (χ4n) is 1.69. The Morgan fingerprint density at radius 1 is 1.40 bits per heavy atom. The highest BCUT2D eigenvalue weighted by Crippen LogP contribution is 2.26. The van der Waals surface area contributed by atoms with Gasteiger partial charge in [-0.15, -0.1) is 0 Å². The van der Waals surface area contributed by atoms with Crippen molar-refractivity contribution in [2.45, 2.75) is 19.8 Å². The van der Waals surface area contributed by atoms with E-state index in [1.165, 1.54) is 6.07 Å². The molecule has 0 heterocycles. The first kappa shape index (κ1) is 17.5. The summed E-state index contributed by atoms with van der Waals surface area (Å²) in [4.78, 5) is 23.1. The Morgan fingerprint density at radius 3 is 2.60 bits per heavy atom. The van der Waals surface area contributed by atoms with E-state index in [0.29, 0.717) is 25.6 Å². The van der Waals surface area contributed by atoms with Crippen LogP contribution in [0.2, 0.25) is 10.0 Å². The highest BCUT2D eigenvalue weighted by molar-refractivity contribution is 14.1. The molecule has 0 radical (unpaired) electrons. The molecule has 1 atom stereocenters. The van der Waals surface area contributed by atoms with Crippen molar-refractivity contribution in [3.8, 4) is 0 Å². The number of hydrogen-bond acceptors (Lipinski definition) is 2. The summed E-state index contributed by atoms with van der Waals surface area (Å²) in [5.74, 6) is -1.87. The van der Waals surface area contributed by atoms with E-state index in [2.05, 4.69) is 5.32 Å². The van der Waals surface area contributed by atoms with Crippen molar-refractivity contribution in [2.24, 2.45) is 5.92 Å². The van der Waals surface area contributed by atoms with Gasteiger partial charge in [-0.25, -0.2) is 0 Å². The number of hydrogen-bond donors (Lipinski definition) is 2. The maximum Gasteiger partial charge on any atom is 0.308 e. The molecule has 1 rings (SSSR count). The van der Waals surface area contributed by atoms with Gasteiger partial charge in [0.15, 0.2) is 0 Å². The first-order valence-electron chi connectivity index (χ1n) is 6.02. The van der Waals surface area contributed by atoms with Crippen molar-refractivity contribution in [1.82, 2.24) is 5.32 Å². The second kappa shape index (κ2) is 8.05. The van der Waals surface area contributed by atoms with Gasteiger partial charge < -0.3 is 10.4 Å². The third kappa shape index (κ3) is 4.79. The maximum absolute atomic E-state index is 12.1. The van der Waals surface area contributed by atoms with Gasteiger partial charge in [0.25, 0.3) is 5.91 Å². The second-order valence-electron chi connectivity index (χ2n) is 4.28. The maximum atomic E-state index is 12.1. The Morgan fingerprint density at radius 2 is 2.05 bits per heavy atom. The molecule has 1 aromatic carbocycles. The molecule has 0 aliphatic carbocycles. The van der Waals surface area contributed by atoms with Crippen LogP contribution in [0.15, 0.2) is 12.1 Å². The summed E-state index contributed by atoms with van der Waals surface area (Å²) in [7, 11) is 0. The van der Waals surface area contributed by atoms with Crippen LogP contribution in [0.5, 0.6) is 0 Å². The lowest BCUT2D eigenvalue weighted by molar-refractivity contribution is -0.141. The number of nitrogens with one attached hydrogen (secondary N) is 1. The highest BCUT2D eigenvalue weighted by atomic mass is 127. The Balaban J connectivity index is 2.79. The normalized spacial score (nSPS) is 12.0. The van der Waals surface area contributed by atoms with E-state index in [4.69, 9.17) is 28.3 Å². The minimum atomic E-state index is -0.911. The van der Waals surface area contributed by atoms with E-state index in [1.807, 2.05) is 29.5 Å². The summed E-state index contributed by atoms with van der Waals surface area (Å²) in [6, 6.07) is 3.07. The molecule has 1 amide bonds. The minimum absolute atomic E-state index is 0.0855. The molecule has 110 valence electrons. The van der Waals surface area contributed by atoms with Crippen LogP contribution in [0, 0.1) is 9.49 Å². The number of aliphatic carboxylic acids is 1. The van der Waals surface area contributed by atoms with E-state index < -0.39 is 11.9 Å². The number of carboxylic acids is 1. The van der Waals surface area contributed by atoms with E-state index in [0.717, 1.165) is 6.42 Å². The topological polar surface area (TPSA) is 66.4 Å². The van der Waals surface area contributed by atoms with Crippen LogP contribution in [0.3, 0.4) is 0 Å². The van der Waals surface area contributed by atoms with Crippen LogP contribution in [0.25, 0.3) is 0 Å². The van der Waals surface area contributed by atoms with Crippen LogP contribution in [-0.2, 0) is 4.79 Å². The molecule has 4 nitrogen and oxygen atoms in total. The van der Waals surface area contributed by atoms with E-state index in [9.17, 15) is 9.59 Å². The monoisotopic (exact) mass is 429 g/mol. The summed E-state index contributed by atoms with van der Waals surface area (Å²) >= 11 is 13.8. The van der Waals surface area contributed by atoms with Gasteiger partial charge in [0.1, 0.15) is 0 Å². The van der Waals surface area contributed by atoms with E-state index in [1.54, 1.807) is 6.07 Å². The zero-order chi connectivity index (χ0) is 15.3. The minimum Gasteiger partial charge on any atom is -0.481 e. The Hall–Kier alpha value is -0.530. The van der Waals surface area contributed by atoms with Gasteiger partial charge in [-0.1, -0.05) is 36.5 Å². The lowest BCUT2D eigenvalue weighted by Gasteiger charge is -2.13. The van der Waals surface area contributed by atoms with Crippen LogP contribution in [0.1, 0.15) is 30.1 Å². The number of amides is 1. The molecule has 1 unspecified atom stereocenters. The largest absolute Gasteiger partial charge is 0.481 e. The smallest absolute Gasteiger partial charge is 0.308 e. The first-order valence-corrected chi connectivity index (χ1v) is 7.85. The predicted octanol–water partition coefficient (Wildman–Crippen LogP) is 3.83. The lowest BCUT2D eigenvalue weighted by atomic mass is 10.0. The Labute approximate surface area is 141 Å². The quantitative estimate of drug-likeness (QED) is 0.533. The van der Waals surface area contributed by atoms with Crippen LogP contribution >= 0.6 is 45.8 Å². The van der Waals surface area contributed by atoms with Gasteiger partial charge in [-0.3, -0.25) is 9.59 Å². The van der Waals surface area contributed by atoms with Gasteiger partial charge in [0.05, 0.1) is 16.5 Å². The summed E-state index contributed by atoms with van der Waals surface area (Å²) in [5, 5.41) is 12.4. The summed E-state index contributed by atoms with van der Waals surface area (Å²) in [6.07, 6.45) is 1.26. The molecule has 0 aromatic heterocycles. The van der Waals surface area contributed by atoms with Crippen molar-refractivity contribution in [1.29, 1.82) is 0 Å². The number of halogens is 3. The van der Waals surface area contributed by atoms with Crippen molar-refractivity contribution in [2.75, 3.05) is 6.54 Å². The number of carbonyl (C=O) groups is 2. The summed E-state index contributed by atoms with van der Waals surface area (Å²) in [6.45, 7) is 1.99. The number of carboxylic acid groups (broad SMARTS) is 1. The third-order valence-electron chi connectivity index (χ3n) is 2.73. The number of carbonyl (C=O) groups excluding carboxylic acids is 1. The average Bonchev–Trinajstić information content (AvgIpc) is 2.37. The van der Waals surface area contributed by atoms with Crippen molar-refractivity contribution in [3.05, 3.63) is 31.3 Å². The highest BCUT2D eigenvalue weighted by Gasteiger charge is 2.19. The molecule has 0 aliphatic heterocycles. The molecule has 0 spiro atoms. The Bertz CT molecular complexity index is 523. The zero-order valence-electron chi connectivity index (χ0n) is 10.8. The van der Waals surface area contributed by atoms with Gasteiger partial charge >= 0.3 is 5.97 Å². The fourth-order valence-corrected chi connectivity index (χ4v) is 2.74. The van der Waals surface area contributed by atoms with Gasteiger partial charge in [-0.2, -0.15) is 0 Å². The molecule has 0 saturated carbocycles. The first-order chi connectivity index (χ1) is 9.36. The molecule has 2 N–H and O–H groups in total. The van der Waals surface area contributed by atoms with Crippen molar-refractivity contribution >= 4 is 57.7 Å². The molecule has 0 aliphatic rings. The average molecular weight is 430 g/mol. The van der Waals surface area contributed by atoms with Crippen LogP contribution in [-0.4, -0.2) is 23.5 Å². The third-order valence-corrected chi connectivity index (χ3v) is 4.73. The van der Waals surface area contributed by atoms with E-state index in [-0.39, 0.29) is 12.5 Å². The molecule has 7 heteroatoms. The molecule has 20 heavy (non-hydrogen) atoms. The van der Waals surface area contributed by atoms with Crippen molar-refractivity contribution < 1.29 is 14.7 Å². The Kier molecular flexibility index (Phi) is 7.05. The summed E-state index contributed by atoms with van der Waals surface area (Å²) in [5.41, 5.74) is 0.351. The summed E-state index contributed by atoms with van der Waals surface area (Å²) < 4.78 is 0.591. The van der Waals surface area contributed by atoms with Gasteiger partial charge in [0.2, 0.25) is 0 Å². The van der Waals surface area contributed by atoms with E-state index >= 15 is 0 Å². The molecule has 0 saturated heterocycles. The van der Waals surface area contributed by atoms with Crippen LogP contribution < -0.4 is 5.32 Å². The SMILES string of the molecule is CCCC(CNC(=O)c1cc(Cl)cc(Cl)c1I)C(=O)O. The molecule has 0 fully saturated rings. The molecule has 0 bridgehead atoms. The van der Waals surface area contributed by atoms with Crippen LogP contribution in [0.4, 0.5) is 0 Å². The second-order valence-corrected chi connectivity index (χ2v) is 6.21. The predicted molar refractivity (Wildman–Crippen MR) is 87.5 cm³/mol.